The van der Waals surface area contributed by atoms with Crippen LogP contribution in [0.2, 0.25) is 0 Å². The van der Waals surface area contributed by atoms with E-state index >= 15 is 0 Å². The van der Waals surface area contributed by atoms with E-state index in [0.717, 1.165) is 17.9 Å². The molecule has 1 fully saturated rings. The average molecular weight is 298 g/mol. The molecule has 0 spiro atoms. The summed E-state index contributed by atoms with van der Waals surface area (Å²) in [5, 5.41) is 1.18. The van der Waals surface area contributed by atoms with E-state index in [0.29, 0.717) is 6.04 Å². The predicted octanol–water partition coefficient (Wildman–Crippen LogP) is 3.39. The van der Waals surface area contributed by atoms with Crippen molar-refractivity contribution in [3.05, 3.63) is 54.1 Å². The second-order valence-corrected chi connectivity index (χ2v) is 6.45. The number of amidine groups is 1. The fourth-order valence-corrected chi connectivity index (χ4v) is 4.55. The van der Waals surface area contributed by atoms with Crippen LogP contribution < -0.4 is 0 Å². The van der Waals surface area contributed by atoms with Gasteiger partial charge in [0.15, 0.2) is 5.17 Å². The van der Waals surface area contributed by atoms with Gasteiger partial charge >= 0.3 is 0 Å². The van der Waals surface area contributed by atoms with Crippen LogP contribution in [0.15, 0.2) is 47.7 Å². The van der Waals surface area contributed by atoms with E-state index in [4.69, 9.17) is 4.99 Å². The van der Waals surface area contributed by atoms with Crippen LogP contribution >= 0.6 is 11.8 Å². The molecule has 2 aliphatic rings. The van der Waals surface area contributed by atoms with Crippen LogP contribution in [-0.4, -0.2) is 31.8 Å². The normalized spacial score (nSPS) is 27.8. The van der Waals surface area contributed by atoms with Crippen molar-refractivity contribution in [2.24, 2.45) is 4.99 Å². The number of hydrogen-bond donors (Lipinski definition) is 1. The Hall–Kier alpha value is -1.75. The topological polar surface area (TPSA) is 44.3 Å². The number of aromatic amines is 1. The van der Waals surface area contributed by atoms with Gasteiger partial charge in [-0.1, -0.05) is 24.8 Å². The number of pyridine rings is 1. The molecule has 2 aliphatic heterocycles. The summed E-state index contributed by atoms with van der Waals surface area (Å²) in [6.45, 7) is 2.26. The Balaban J connectivity index is 1.78. The summed E-state index contributed by atoms with van der Waals surface area (Å²) in [5.41, 5.74) is 2.28. The zero-order valence-electron chi connectivity index (χ0n) is 11.9. The summed E-state index contributed by atoms with van der Waals surface area (Å²) in [7, 11) is 0. The summed E-state index contributed by atoms with van der Waals surface area (Å²) in [6.07, 6.45) is 5.00. The van der Waals surface area contributed by atoms with Gasteiger partial charge < -0.3 is 9.88 Å². The van der Waals surface area contributed by atoms with Crippen molar-refractivity contribution in [3.8, 4) is 0 Å². The highest BCUT2D eigenvalue weighted by Crippen LogP contribution is 2.47. The van der Waals surface area contributed by atoms with Crippen molar-refractivity contribution in [2.45, 2.75) is 31.5 Å². The van der Waals surface area contributed by atoms with E-state index in [2.05, 4.69) is 40.0 Å². The van der Waals surface area contributed by atoms with E-state index in [1.807, 2.05) is 36.3 Å². The van der Waals surface area contributed by atoms with Gasteiger partial charge in [0.1, 0.15) is 6.04 Å². The number of rotatable bonds is 3. The molecular formula is C16H18N4S. The maximum Gasteiger partial charge on any atom is 0.160 e. The van der Waals surface area contributed by atoms with Crippen LogP contribution in [0.1, 0.15) is 36.8 Å². The minimum Gasteiger partial charge on any atom is -0.363 e. The third kappa shape index (κ3) is 2.07. The maximum absolute atomic E-state index is 4.98. The molecular weight excluding hydrogens is 280 g/mol. The first-order chi connectivity index (χ1) is 10.4. The highest BCUT2D eigenvalue weighted by molar-refractivity contribution is 8.14. The molecule has 0 aromatic carbocycles. The van der Waals surface area contributed by atoms with Crippen molar-refractivity contribution in [2.75, 3.05) is 5.75 Å². The minimum atomic E-state index is 0.0849. The number of aliphatic imine (C=N–C) groups is 1. The van der Waals surface area contributed by atoms with Crippen molar-refractivity contribution in [1.82, 2.24) is 14.9 Å². The van der Waals surface area contributed by atoms with E-state index in [-0.39, 0.29) is 12.1 Å². The molecule has 3 atom stereocenters. The minimum absolute atomic E-state index is 0.0849. The molecule has 0 bridgehead atoms. The Bertz CT molecular complexity index is 638. The fraction of sp³-hybridized carbons (Fsp3) is 0.375. The lowest BCUT2D eigenvalue weighted by molar-refractivity contribution is 0.251. The first-order valence-electron chi connectivity index (χ1n) is 7.41. The molecule has 2 aromatic rings. The molecule has 1 saturated heterocycles. The van der Waals surface area contributed by atoms with E-state index in [1.165, 1.54) is 10.9 Å². The standard InChI is InChI=1S/C16H18N4S/c1-2-11-10-21-16-19-14(12-6-3-4-8-17-12)15(20(11)16)13-7-5-9-18-13/h3-9,11,14-15,18H,2,10H2,1H3. The van der Waals surface area contributed by atoms with Crippen molar-refractivity contribution in [3.63, 3.8) is 0 Å². The molecule has 3 unspecified atom stereocenters. The zero-order valence-corrected chi connectivity index (χ0v) is 12.8. The molecule has 0 amide bonds. The van der Waals surface area contributed by atoms with Gasteiger partial charge in [-0.05, 0) is 30.7 Å². The summed E-state index contributed by atoms with van der Waals surface area (Å²) in [6, 6.07) is 11.2. The number of nitrogens with one attached hydrogen (secondary N) is 1. The first-order valence-corrected chi connectivity index (χ1v) is 8.40. The predicted molar refractivity (Wildman–Crippen MR) is 86.3 cm³/mol. The van der Waals surface area contributed by atoms with Crippen LogP contribution in [0.5, 0.6) is 0 Å². The summed E-state index contributed by atoms with van der Waals surface area (Å²) < 4.78 is 0. The van der Waals surface area contributed by atoms with E-state index < -0.39 is 0 Å². The Kier molecular flexibility index (Phi) is 3.22. The number of thioether (sulfide) groups is 1. The SMILES string of the molecule is CCC1CSC2=NC(c3ccccn3)C(c3ccc[nH]3)N21. The molecule has 0 radical (unpaired) electrons. The molecule has 4 rings (SSSR count). The number of hydrogen-bond acceptors (Lipinski definition) is 4. The Morgan fingerprint density at radius 3 is 3.00 bits per heavy atom. The Labute approximate surface area is 128 Å². The van der Waals surface area contributed by atoms with Crippen molar-refractivity contribution < 1.29 is 0 Å². The van der Waals surface area contributed by atoms with Gasteiger partial charge in [-0.25, -0.2) is 0 Å². The summed E-state index contributed by atoms with van der Waals surface area (Å²) in [5.74, 6) is 1.14. The molecule has 1 N–H and O–H groups in total. The van der Waals surface area contributed by atoms with Crippen LogP contribution in [0, 0.1) is 0 Å². The quantitative estimate of drug-likeness (QED) is 0.944. The lowest BCUT2D eigenvalue weighted by Crippen LogP contribution is -2.35. The smallest absolute Gasteiger partial charge is 0.160 e. The molecule has 4 heterocycles. The summed E-state index contributed by atoms with van der Waals surface area (Å²) >= 11 is 1.88. The second-order valence-electron chi connectivity index (χ2n) is 5.46. The first kappa shape index (κ1) is 13.0. The molecule has 108 valence electrons. The number of aromatic nitrogens is 2. The number of fused-ring (bicyclic) bond motifs is 1. The van der Waals surface area contributed by atoms with Crippen molar-refractivity contribution in [1.29, 1.82) is 0 Å². The third-order valence-corrected chi connectivity index (χ3v) is 5.40. The largest absolute Gasteiger partial charge is 0.363 e. The summed E-state index contributed by atoms with van der Waals surface area (Å²) in [4.78, 5) is 15.4. The molecule has 5 heteroatoms. The molecule has 2 aromatic heterocycles. The fourth-order valence-electron chi connectivity index (χ4n) is 3.21. The second kappa shape index (κ2) is 5.22. The molecule has 0 aliphatic carbocycles. The maximum atomic E-state index is 4.98. The van der Waals surface area contributed by atoms with E-state index in [1.54, 1.807) is 0 Å². The van der Waals surface area contributed by atoms with Crippen LogP contribution in [0.3, 0.4) is 0 Å². The van der Waals surface area contributed by atoms with Crippen molar-refractivity contribution >= 4 is 16.9 Å². The van der Waals surface area contributed by atoms with Crippen LogP contribution in [0.25, 0.3) is 0 Å². The lowest BCUT2D eigenvalue weighted by Gasteiger charge is -2.30. The van der Waals surface area contributed by atoms with Crippen LogP contribution in [-0.2, 0) is 0 Å². The van der Waals surface area contributed by atoms with Gasteiger partial charge in [-0.2, -0.15) is 0 Å². The van der Waals surface area contributed by atoms with Gasteiger partial charge in [0.05, 0.1) is 11.7 Å². The van der Waals surface area contributed by atoms with Gasteiger partial charge in [0, 0.05) is 29.9 Å². The average Bonchev–Trinajstić information content (AvgIpc) is 3.23. The molecule has 0 saturated carbocycles. The van der Waals surface area contributed by atoms with Gasteiger partial charge in [-0.3, -0.25) is 9.98 Å². The molecule has 4 nitrogen and oxygen atoms in total. The Morgan fingerprint density at radius 1 is 1.33 bits per heavy atom. The van der Waals surface area contributed by atoms with Gasteiger partial charge in [-0.15, -0.1) is 0 Å². The Morgan fingerprint density at radius 2 is 2.29 bits per heavy atom. The van der Waals surface area contributed by atoms with Gasteiger partial charge in [0.2, 0.25) is 0 Å². The van der Waals surface area contributed by atoms with E-state index in [9.17, 15) is 0 Å². The molecule has 21 heavy (non-hydrogen) atoms. The number of H-pyrrole nitrogens is 1. The highest BCUT2D eigenvalue weighted by Gasteiger charge is 2.45. The zero-order chi connectivity index (χ0) is 14.2. The van der Waals surface area contributed by atoms with Crippen LogP contribution in [0.4, 0.5) is 0 Å². The highest BCUT2D eigenvalue weighted by atomic mass is 32.2. The monoisotopic (exact) mass is 298 g/mol. The lowest BCUT2D eigenvalue weighted by atomic mass is 10.00. The number of nitrogens with zero attached hydrogens (tertiary/aromatic N) is 3. The van der Waals surface area contributed by atoms with Gasteiger partial charge in [0.25, 0.3) is 0 Å². The third-order valence-electron chi connectivity index (χ3n) is 4.27.